The molecule has 0 aliphatic rings. The molecule has 128 valence electrons. The van der Waals surface area contributed by atoms with E-state index in [9.17, 15) is 19.3 Å². The van der Waals surface area contributed by atoms with Crippen LogP contribution >= 0.6 is 11.8 Å². The summed E-state index contributed by atoms with van der Waals surface area (Å²) in [5.41, 5.74) is 0.338. The molecule has 0 aliphatic heterocycles. The summed E-state index contributed by atoms with van der Waals surface area (Å²) in [7, 11) is 0. The summed E-state index contributed by atoms with van der Waals surface area (Å²) >= 11 is 1.18. The van der Waals surface area contributed by atoms with Crippen molar-refractivity contribution in [2.75, 3.05) is 0 Å². The first-order chi connectivity index (χ1) is 11.9. The minimum Gasteiger partial charge on any atom is -0.460 e. The summed E-state index contributed by atoms with van der Waals surface area (Å²) in [5.74, 6) is -1.14. The van der Waals surface area contributed by atoms with E-state index in [0.717, 1.165) is 6.07 Å². The van der Waals surface area contributed by atoms with E-state index in [4.69, 9.17) is 10.00 Å². The highest BCUT2D eigenvalue weighted by Gasteiger charge is 2.17. The average molecular weight is 360 g/mol. The number of carbonyl (C=O) groups excluding carboxylic acids is 1. The SMILES string of the molecule is C[C@H](Sc1ccc([N+](=O)[O-])cc1)C(=O)OCc1ccc(C#N)cc1F. The number of nitro benzene ring substituents is 1. The van der Waals surface area contributed by atoms with Gasteiger partial charge in [-0.05, 0) is 31.2 Å². The van der Waals surface area contributed by atoms with E-state index in [1.54, 1.807) is 19.1 Å². The van der Waals surface area contributed by atoms with Gasteiger partial charge in [0, 0.05) is 22.6 Å². The van der Waals surface area contributed by atoms with Crippen molar-refractivity contribution in [3.63, 3.8) is 0 Å². The number of rotatable bonds is 6. The van der Waals surface area contributed by atoms with E-state index in [1.807, 2.05) is 6.07 Å². The summed E-state index contributed by atoms with van der Waals surface area (Å²) in [4.78, 5) is 22.8. The number of hydrogen-bond donors (Lipinski definition) is 0. The van der Waals surface area contributed by atoms with E-state index < -0.39 is 22.0 Å². The Morgan fingerprint density at radius 2 is 2.04 bits per heavy atom. The van der Waals surface area contributed by atoms with Crippen molar-refractivity contribution in [2.45, 2.75) is 23.7 Å². The first-order valence-electron chi connectivity index (χ1n) is 7.17. The third-order valence-electron chi connectivity index (χ3n) is 3.24. The molecule has 0 saturated carbocycles. The highest BCUT2D eigenvalue weighted by molar-refractivity contribution is 8.00. The molecule has 0 bridgehead atoms. The largest absolute Gasteiger partial charge is 0.460 e. The zero-order chi connectivity index (χ0) is 18.4. The lowest BCUT2D eigenvalue weighted by molar-refractivity contribution is -0.384. The quantitative estimate of drug-likeness (QED) is 0.336. The van der Waals surface area contributed by atoms with Crippen LogP contribution in [0.2, 0.25) is 0 Å². The lowest BCUT2D eigenvalue weighted by Gasteiger charge is -2.11. The number of benzene rings is 2. The maximum atomic E-state index is 13.7. The van der Waals surface area contributed by atoms with Crippen molar-refractivity contribution >= 4 is 23.4 Å². The van der Waals surface area contributed by atoms with Gasteiger partial charge in [-0.2, -0.15) is 5.26 Å². The fourth-order valence-electron chi connectivity index (χ4n) is 1.90. The van der Waals surface area contributed by atoms with Crippen LogP contribution < -0.4 is 0 Å². The van der Waals surface area contributed by atoms with Gasteiger partial charge in [-0.15, -0.1) is 11.8 Å². The number of non-ortho nitro benzene ring substituents is 1. The molecule has 6 nitrogen and oxygen atoms in total. The molecule has 0 amide bonds. The molecule has 0 heterocycles. The molecule has 0 radical (unpaired) electrons. The predicted molar refractivity (Wildman–Crippen MR) is 89.3 cm³/mol. The maximum absolute atomic E-state index is 13.7. The monoisotopic (exact) mass is 360 g/mol. The summed E-state index contributed by atoms with van der Waals surface area (Å²) in [6.07, 6.45) is 0. The Morgan fingerprint density at radius 3 is 2.60 bits per heavy atom. The van der Waals surface area contributed by atoms with Gasteiger partial charge in [0.05, 0.1) is 16.6 Å². The molecule has 25 heavy (non-hydrogen) atoms. The minimum atomic E-state index is -0.609. The van der Waals surface area contributed by atoms with Crippen molar-refractivity contribution in [2.24, 2.45) is 0 Å². The molecule has 0 saturated heterocycles. The van der Waals surface area contributed by atoms with Crippen LogP contribution in [0.3, 0.4) is 0 Å². The van der Waals surface area contributed by atoms with Gasteiger partial charge >= 0.3 is 5.97 Å². The number of thioether (sulfide) groups is 1. The van der Waals surface area contributed by atoms with Crippen LogP contribution in [-0.4, -0.2) is 16.1 Å². The summed E-state index contributed by atoms with van der Waals surface area (Å²) in [6.45, 7) is 1.39. The number of carbonyl (C=O) groups is 1. The molecule has 2 rings (SSSR count). The zero-order valence-electron chi connectivity index (χ0n) is 13.1. The van der Waals surface area contributed by atoms with Crippen LogP contribution in [-0.2, 0) is 16.1 Å². The Bertz CT molecular complexity index is 834. The fraction of sp³-hybridized carbons (Fsp3) is 0.176. The summed E-state index contributed by atoms with van der Waals surface area (Å²) in [5, 5.41) is 18.7. The zero-order valence-corrected chi connectivity index (χ0v) is 14.0. The second-order valence-electron chi connectivity index (χ2n) is 5.04. The molecule has 2 aromatic carbocycles. The molecule has 0 unspecified atom stereocenters. The lowest BCUT2D eigenvalue weighted by atomic mass is 10.1. The number of nitriles is 1. The molecule has 0 N–H and O–H groups in total. The standard InChI is InChI=1S/C17H13FN2O4S/c1-11(25-15-6-4-14(5-7-15)20(22)23)17(21)24-10-13-3-2-12(9-19)8-16(13)18/h2-8,11H,10H2,1H3/t11-/m0/s1. The van der Waals surface area contributed by atoms with E-state index in [1.165, 1.54) is 36.0 Å². The van der Waals surface area contributed by atoms with Gasteiger partial charge in [0.15, 0.2) is 0 Å². The van der Waals surface area contributed by atoms with Gasteiger partial charge in [0.1, 0.15) is 17.7 Å². The van der Waals surface area contributed by atoms with Crippen molar-refractivity contribution in [1.29, 1.82) is 5.26 Å². The van der Waals surface area contributed by atoms with Crippen molar-refractivity contribution in [3.8, 4) is 6.07 Å². The Kier molecular flexibility index (Phi) is 6.08. The van der Waals surface area contributed by atoms with Crippen molar-refractivity contribution < 1.29 is 18.8 Å². The van der Waals surface area contributed by atoms with Gasteiger partial charge in [-0.25, -0.2) is 4.39 Å². The first kappa shape index (κ1) is 18.4. The molecule has 8 heteroatoms. The van der Waals surface area contributed by atoms with Gasteiger partial charge in [-0.1, -0.05) is 6.07 Å². The lowest BCUT2D eigenvalue weighted by Crippen LogP contribution is -2.17. The van der Waals surface area contributed by atoms with Gasteiger partial charge in [-0.3, -0.25) is 14.9 Å². The number of nitrogens with zero attached hydrogens (tertiary/aromatic N) is 2. The topological polar surface area (TPSA) is 93.2 Å². The third-order valence-corrected chi connectivity index (χ3v) is 4.33. The fourth-order valence-corrected chi connectivity index (χ4v) is 2.76. The molecule has 1 atom stereocenters. The van der Waals surface area contributed by atoms with Crippen LogP contribution in [0.4, 0.5) is 10.1 Å². The van der Waals surface area contributed by atoms with Gasteiger partial charge in [0.2, 0.25) is 0 Å². The molecular weight excluding hydrogens is 347 g/mol. The predicted octanol–water partition coefficient (Wildman–Crippen LogP) is 3.83. The molecule has 0 aromatic heterocycles. The number of nitro groups is 1. The summed E-state index contributed by atoms with van der Waals surface area (Å²) in [6, 6.07) is 11.6. The van der Waals surface area contributed by atoms with Gasteiger partial charge < -0.3 is 4.74 Å². The molecule has 0 spiro atoms. The highest BCUT2D eigenvalue weighted by atomic mass is 32.2. The average Bonchev–Trinajstić information content (AvgIpc) is 2.60. The first-order valence-corrected chi connectivity index (χ1v) is 8.05. The summed E-state index contributed by atoms with van der Waals surface area (Å²) < 4.78 is 18.8. The second kappa shape index (κ2) is 8.26. The molecule has 2 aromatic rings. The highest BCUT2D eigenvalue weighted by Crippen LogP contribution is 2.26. The molecular formula is C17H13FN2O4S. The number of halogens is 1. The number of hydrogen-bond acceptors (Lipinski definition) is 6. The smallest absolute Gasteiger partial charge is 0.319 e. The van der Waals surface area contributed by atoms with E-state index >= 15 is 0 Å². The minimum absolute atomic E-state index is 0.0316. The van der Waals surface area contributed by atoms with Gasteiger partial charge in [0.25, 0.3) is 5.69 Å². The van der Waals surface area contributed by atoms with E-state index in [0.29, 0.717) is 4.90 Å². The van der Waals surface area contributed by atoms with E-state index in [2.05, 4.69) is 0 Å². The molecule has 0 aliphatic carbocycles. The van der Waals surface area contributed by atoms with Crippen LogP contribution in [0.15, 0.2) is 47.4 Å². The maximum Gasteiger partial charge on any atom is 0.319 e. The Hall–Kier alpha value is -2.92. The molecule has 0 fully saturated rings. The van der Waals surface area contributed by atoms with Crippen molar-refractivity contribution in [1.82, 2.24) is 0 Å². The Labute approximate surface area is 147 Å². The Balaban J connectivity index is 1.92. The Morgan fingerprint density at radius 1 is 1.36 bits per heavy atom. The van der Waals surface area contributed by atoms with Crippen LogP contribution in [0, 0.1) is 27.3 Å². The van der Waals surface area contributed by atoms with Crippen LogP contribution in [0.25, 0.3) is 0 Å². The van der Waals surface area contributed by atoms with Crippen LogP contribution in [0.5, 0.6) is 0 Å². The third kappa shape index (κ3) is 5.02. The van der Waals surface area contributed by atoms with Crippen molar-refractivity contribution in [3.05, 3.63) is 69.5 Å². The number of ether oxygens (including phenoxy) is 1. The second-order valence-corrected chi connectivity index (χ2v) is 6.45. The van der Waals surface area contributed by atoms with Crippen LogP contribution in [0.1, 0.15) is 18.1 Å². The van der Waals surface area contributed by atoms with E-state index in [-0.39, 0.29) is 23.4 Å². The number of esters is 1. The normalized spacial score (nSPS) is 11.4.